The fourth-order valence-corrected chi connectivity index (χ4v) is 2.19. The lowest BCUT2D eigenvalue weighted by atomic mass is 10.0. The molecule has 1 unspecified atom stereocenters. The highest BCUT2D eigenvalue weighted by atomic mass is 15.1. The van der Waals surface area contributed by atoms with Crippen molar-refractivity contribution in [1.29, 1.82) is 5.26 Å². The summed E-state index contributed by atoms with van der Waals surface area (Å²) < 4.78 is 0. The second-order valence-electron chi connectivity index (χ2n) is 5.65. The van der Waals surface area contributed by atoms with Gasteiger partial charge in [-0.15, -0.1) is 0 Å². The molecule has 1 aromatic rings. The molecule has 4 nitrogen and oxygen atoms in total. The van der Waals surface area contributed by atoms with E-state index in [0.29, 0.717) is 23.2 Å². The minimum absolute atomic E-state index is 0.325. The van der Waals surface area contributed by atoms with Crippen LogP contribution in [0.5, 0.6) is 0 Å². The molecule has 3 N–H and O–H groups in total. The molecule has 0 aliphatic heterocycles. The second-order valence-corrected chi connectivity index (χ2v) is 5.65. The van der Waals surface area contributed by atoms with Gasteiger partial charge < -0.3 is 16.0 Å². The molecule has 1 rings (SSSR count). The van der Waals surface area contributed by atoms with Gasteiger partial charge in [-0.2, -0.15) is 5.26 Å². The molecule has 0 aliphatic carbocycles. The standard InChI is InChI=1S/C15H24N4/c1-11(2)7-14(10-19(3)4)18-15-6-5-13(17)8-12(15)9-16/h5-6,8,11,14,18H,7,10,17H2,1-4H3. The van der Waals surface area contributed by atoms with Crippen LogP contribution in [0.25, 0.3) is 0 Å². The van der Waals surface area contributed by atoms with Crippen molar-refractivity contribution in [2.24, 2.45) is 5.92 Å². The van der Waals surface area contributed by atoms with Gasteiger partial charge in [0.05, 0.1) is 11.3 Å². The Morgan fingerprint density at radius 1 is 1.37 bits per heavy atom. The minimum atomic E-state index is 0.325. The van der Waals surface area contributed by atoms with Crippen molar-refractivity contribution in [3.8, 4) is 6.07 Å². The van der Waals surface area contributed by atoms with E-state index >= 15 is 0 Å². The summed E-state index contributed by atoms with van der Waals surface area (Å²) in [6, 6.07) is 7.94. The van der Waals surface area contributed by atoms with Gasteiger partial charge in [0.15, 0.2) is 0 Å². The average molecular weight is 260 g/mol. The molecule has 1 atom stereocenters. The van der Waals surface area contributed by atoms with Gasteiger partial charge in [0.2, 0.25) is 0 Å². The molecule has 0 fully saturated rings. The maximum atomic E-state index is 9.16. The number of rotatable bonds is 6. The van der Waals surface area contributed by atoms with Gasteiger partial charge >= 0.3 is 0 Å². The Morgan fingerprint density at radius 3 is 2.58 bits per heavy atom. The van der Waals surface area contributed by atoms with Crippen molar-refractivity contribution in [1.82, 2.24) is 4.90 Å². The lowest BCUT2D eigenvalue weighted by molar-refractivity contribution is 0.356. The maximum Gasteiger partial charge on any atom is 0.101 e. The van der Waals surface area contributed by atoms with E-state index in [9.17, 15) is 0 Å². The molecular formula is C15H24N4. The average Bonchev–Trinajstić information content (AvgIpc) is 2.29. The number of anilines is 2. The van der Waals surface area contributed by atoms with E-state index in [1.165, 1.54) is 0 Å². The van der Waals surface area contributed by atoms with Crippen LogP contribution in [0.15, 0.2) is 18.2 Å². The number of nitriles is 1. The highest BCUT2D eigenvalue weighted by molar-refractivity contribution is 5.63. The highest BCUT2D eigenvalue weighted by Gasteiger charge is 2.13. The predicted octanol–water partition coefficient (Wildman–Crippen LogP) is 2.53. The molecule has 0 bridgehead atoms. The van der Waals surface area contributed by atoms with Crippen LogP contribution >= 0.6 is 0 Å². The summed E-state index contributed by atoms with van der Waals surface area (Å²) in [7, 11) is 4.12. The largest absolute Gasteiger partial charge is 0.399 e. The Bertz CT molecular complexity index is 436. The van der Waals surface area contributed by atoms with Gasteiger partial charge in [-0.3, -0.25) is 0 Å². The molecule has 0 heterocycles. The zero-order chi connectivity index (χ0) is 14.4. The lowest BCUT2D eigenvalue weighted by Gasteiger charge is -2.25. The molecule has 0 radical (unpaired) electrons. The molecule has 0 saturated heterocycles. The first-order chi connectivity index (χ1) is 8.92. The van der Waals surface area contributed by atoms with Crippen molar-refractivity contribution in [3.05, 3.63) is 23.8 Å². The van der Waals surface area contributed by atoms with Crippen LogP contribution in [-0.4, -0.2) is 31.6 Å². The van der Waals surface area contributed by atoms with E-state index in [0.717, 1.165) is 18.7 Å². The molecule has 104 valence electrons. The van der Waals surface area contributed by atoms with Crippen LogP contribution in [-0.2, 0) is 0 Å². The smallest absolute Gasteiger partial charge is 0.101 e. The zero-order valence-electron chi connectivity index (χ0n) is 12.3. The molecule has 0 spiro atoms. The van der Waals surface area contributed by atoms with Gasteiger partial charge in [0, 0.05) is 18.3 Å². The quantitative estimate of drug-likeness (QED) is 0.771. The summed E-state index contributed by atoms with van der Waals surface area (Å²) in [5.74, 6) is 0.608. The van der Waals surface area contributed by atoms with Crippen LogP contribution in [0.4, 0.5) is 11.4 Å². The van der Waals surface area contributed by atoms with Gasteiger partial charge in [0.1, 0.15) is 6.07 Å². The van der Waals surface area contributed by atoms with Gasteiger partial charge in [-0.1, -0.05) is 13.8 Å². The summed E-state index contributed by atoms with van der Waals surface area (Å²) in [4.78, 5) is 2.16. The molecule has 0 aliphatic rings. The summed E-state index contributed by atoms with van der Waals surface area (Å²) in [5, 5.41) is 12.6. The van der Waals surface area contributed by atoms with E-state index in [4.69, 9.17) is 11.0 Å². The Morgan fingerprint density at radius 2 is 2.05 bits per heavy atom. The van der Waals surface area contributed by atoms with Crippen molar-refractivity contribution in [2.75, 3.05) is 31.7 Å². The number of nitrogens with two attached hydrogens (primary N) is 1. The third kappa shape index (κ3) is 5.19. The number of nitrogens with one attached hydrogen (secondary N) is 1. The van der Waals surface area contributed by atoms with E-state index in [-0.39, 0.29) is 0 Å². The first-order valence-corrected chi connectivity index (χ1v) is 6.63. The van der Waals surface area contributed by atoms with Crippen LogP contribution in [0.2, 0.25) is 0 Å². The normalized spacial score (nSPS) is 12.5. The third-order valence-corrected chi connectivity index (χ3v) is 2.87. The topological polar surface area (TPSA) is 65.1 Å². The van der Waals surface area contributed by atoms with Crippen molar-refractivity contribution >= 4 is 11.4 Å². The Labute approximate surface area is 116 Å². The fourth-order valence-electron chi connectivity index (χ4n) is 2.19. The monoisotopic (exact) mass is 260 g/mol. The van der Waals surface area contributed by atoms with E-state index < -0.39 is 0 Å². The van der Waals surface area contributed by atoms with Crippen LogP contribution in [0.3, 0.4) is 0 Å². The van der Waals surface area contributed by atoms with Crippen LogP contribution in [0.1, 0.15) is 25.8 Å². The molecule has 0 saturated carbocycles. The highest BCUT2D eigenvalue weighted by Crippen LogP contribution is 2.20. The third-order valence-electron chi connectivity index (χ3n) is 2.87. The summed E-state index contributed by atoms with van der Waals surface area (Å²) >= 11 is 0. The molecule has 1 aromatic carbocycles. The Balaban J connectivity index is 2.86. The molecular weight excluding hydrogens is 236 g/mol. The summed E-state index contributed by atoms with van der Waals surface area (Å²) in [6.07, 6.45) is 1.06. The predicted molar refractivity (Wildman–Crippen MR) is 81.0 cm³/mol. The zero-order valence-corrected chi connectivity index (χ0v) is 12.3. The molecule has 0 amide bonds. The number of nitrogens with zero attached hydrogens (tertiary/aromatic N) is 2. The van der Waals surface area contributed by atoms with Gasteiger partial charge in [0.25, 0.3) is 0 Å². The SMILES string of the molecule is CC(C)CC(CN(C)C)Nc1ccc(N)cc1C#N. The van der Waals surface area contributed by atoms with Crippen molar-refractivity contribution in [3.63, 3.8) is 0 Å². The van der Waals surface area contributed by atoms with Crippen LogP contribution < -0.4 is 11.1 Å². The minimum Gasteiger partial charge on any atom is -0.399 e. The molecule has 0 aromatic heterocycles. The van der Waals surface area contributed by atoms with E-state index in [2.05, 4.69) is 44.2 Å². The van der Waals surface area contributed by atoms with Crippen molar-refractivity contribution in [2.45, 2.75) is 26.3 Å². The number of nitrogen functional groups attached to an aromatic ring is 1. The van der Waals surface area contributed by atoms with Crippen LogP contribution in [0, 0.1) is 17.2 Å². The van der Waals surface area contributed by atoms with E-state index in [1.807, 2.05) is 12.1 Å². The number of benzene rings is 1. The van der Waals surface area contributed by atoms with Gasteiger partial charge in [-0.05, 0) is 44.6 Å². The number of likely N-dealkylation sites (N-methyl/N-ethyl adjacent to an activating group) is 1. The van der Waals surface area contributed by atoms with E-state index in [1.54, 1.807) is 6.07 Å². The van der Waals surface area contributed by atoms with Gasteiger partial charge in [-0.25, -0.2) is 0 Å². The summed E-state index contributed by atoms with van der Waals surface area (Å²) in [5.41, 5.74) is 7.80. The summed E-state index contributed by atoms with van der Waals surface area (Å²) in [6.45, 7) is 5.35. The molecule has 4 heteroatoms. The maximum absolute atomic E-state index is 9.16. The Kier molecular flexibility index (Phi) is 5.65. The fraction of sp³-hybridized carbons (Fsp3) is 0.533. The first-order valence-electron chi connectivity index (χ1n) is 6.63. The first kappa shape index (κ1) is 15.3. The lowest BCUT2D eigenvalue weighted by Crippen LogP contribution is -2.33. The second kappa shape index (κ2) is 7.01. The number of hydrogen-bond donors (Lipinski definition) is 2. The molecule has 19 heavy (non-hydrogen) atoms. The number of hydrogen-bond acceptors (Lipinski definition) is 4. The van der Waals surface area contributed by atoms with Crippen molar-refractivity contribution < 1.29 is 0 Å². The Hall–Kier alpha value is -1.73.